The molecule has 0 unspecified atom stereocenters. The van der Waals surface area contributed by atoms with E-state index in [0.717, 1.165) is 0 Å². The Morgan fingerprint density at radius 3 is 2.83 bits per heavy atom. The van der Waals surface area contributed by atoms with Gasteiger partial charge in [0.15, 0.2) is 5.69 Å². The van der Waals surface area contributed by atoms with Gasteiger partial charge in [-0.25, -0.2) is 14.2 Å². The zero-order chi connectivity index (χ0) is 13.1. The smallest absolute Gasteiger partial charge is 0.354 e. The molecule has 0 amide bonds. The molecule has 5 nitrogen and oxygen atoms in total. The molecule has 0 aliphatic rings. The van der Waals surface area contributed by atoms with Crippen LogP contribution in [-0.2, 0) is 0 Å². The summed E-state index contributed by atoms with van der Waals surface area (Å²) in [5.41, 5.74) is 0.402. The molecule has 0 atom stereocenters. The fourth-order valence-corrected chi connectivity index (χ4v) is 1.33. The van der Waals surface area contributed by atoms with E-state index >= 15 is 0 Å². The molecule has 1 aromatic carbocycles. The van der Waals surface area contributed by atoms with Crippen molar-refractivity contribution in [3.05, 3.63) is 47.5 Å². The maximum absolute atomic E-state index is 12.9. The highest BCUT2D eigenvalue weighted by Gasteiger charge is 2.09. The third-order valence-electron chi connectivity index (χ3n) is 2.19. The Morgan fingerprint density at radius 1 is 1.39 bits per heavy atom. The van der Waals surface area contributed by atoms with Gasteiger partial charge in [0, 0.05) is 6.20 Å². The molecular formula is C12H9FN2O3. The normalized spacial score (nSPS) is 10.1. The number of carbonyl (C=O) groups is 1. The van der Waals surface area contributed by atoms with Crippen molar-refractivity contribution in [3.8, 4) is 11.8 Å². The summed E-state index contributed by atoms with van der Waals surface area (Å²) in [5, 5.41) is 8.77. The average molecular weight is 248 g/mol. The van der Waals surface area contributed by atoms with Gasteiger partial charge >= 0.3 is 12.0 Å². The molecular weight excluding hydrogens is 239 g/mol. The summed E-state index contributed by atoms with van der Waals surface area (Å²) in [6.45, 7) is 1.67. The summed E-state index contributed by atoms with van der Waals surface area (Å²) < 4.78 is 18.2. The van der Waals surface area contributed by atoms with Gasteiger partial charge in [0.25, 0.3) is 0 Å². The predicted octanol–water partition coefficient (Wildman–Crippen LogP) is 2.41. The molecule has 0 spiro atoms. The number of ether oxygens (including phenoxy) is 1. The van der Waals surface area contributed by atoms with Crippen LogP contribution in [0.5, 0.6) is 11.8 Å². The lowest BCUT2D eigenvalue weighted by Crippen LogP contribution is -2.02. The molecule has 1 aromatic heterocycles. The van der Waals surface area contributed by atoms with Gasteiger partial charge in [-0.15, -0.1) is 0 Å². The highest BCUT2D eigenvalue weighted by molar-refractivity contribution is 5.85. The topological polar surface area (TPSA) is 72.3 Å². The third-order valence-corrected chi connectivity index (χ3v) is 2.19. The van der Waals surface area contributed by atoms with Crippen molar-refractivity contribution in [2.45, 2.75) is 6.92 Å². The van der Waals surface area contributed by atoms with Crippen LogP contribution in [0.1, 0.15) is 16.1 Å². The van der Waals surface area contributed by atoms with Crippen molar-refractivity contribution >= 4 is 5.97 Å². The number of benzene rings is 1. The van der Waals surface area contributed by atoms with Gasteiger partial charge in [-0.2, -0.15) is 4.98 Å². The average Bonchev–Trinajstić information content (AvgIpc) is 2.33. The minimum absolute atomic E-state index is 0.0930. The molecule has 0 aliphatic carbocycles. The number of carboxylic acid groups (broad SMARTS) is 1. The van der Waals surface area contributed by atoms with Crippen LogP contribution in [0.25, 0.3) is 0 Å². The molecule has 0 bridgehead atoms. The Morgan fingerprint density at radius 2 is 2.17 bits per heavy atom. The number of aromatic carboxylic acids is 1. The minimum Gasteiger partial charge on any atom is -0.477 e. The first-order chi connectivity index (χ1) is 8.56. The number of carboxylic acids is 1. The van der Waals surface area contributed by atoms with Crippen molar-refractivity contribution in [2.24, 2.45) is 0 Å². The summed E-state index contributed by atoms with van der Waals surface area (Å²) in [4.78, 5) is 18.2. The van der Waals surface area contributed by atoms with Gasteiger partial charge in [-0.1, -0.05) is 0 Å². The maximum Gasteiger partial charge on any atom is 0.354 e. The number of rotatable bonds is 3. The maximum atomic E-state index is 12.9. The number of nitrogens with zero attached hydrogens (tertiary/aromatic N) is 2. The first kappa shape index (κ1) is 12.0. The van der Waals surface area contributed by atoms with Crippen molar-refractivity contribution < 1.29 is 19.0 Å². The molecule has 0 saturated heterocycles. The molecule has 1 N–H and O–H groups in total. The number of halogens is 1. The van der Waals surface area contributed by atoms with Crippen molar-refractivity contribution in [1.29, 1.82) is 0 Å². The number of hydrogen-bond acceptors (Lipinski definition) is 4. The van der Waals surface area contributed by atoms with Crippen molar-refractivity contribution in [1.82, 2.24) is 9.97 Å². The van der Waals surface area contributed by atoms with E-state index in [9.17, 15) is 9.18 Å². The van der Waals surface area contributed by atoms with Crippen LogP contribution in [0.2, 0.25) is 0 Å². The van der Waals surface area contributed by atoms with E-state index in [2.05, 4.69) is 9.97 Å². The zero-order valence-corrected chi connectivity index (χ0v) is 9.42. The lowest BCUT2D eigenvalue weighted by molar-refractivity contribution is 0.0689. The van der Waals surface area contributed by atoms with Gasteiger partial charge in [-0.05, 0) is 36.8 Å². The fourth-order valence-electron chi connectivity index (χ4n) is 1.33. The Balaban J connectivity index is 2.28. The van der Waals surface area contributed by atoms with Crippen molar-refractivity contribution in [3.63, 3.8) is 0 Å². The Hall–Kier alpha value is -2.50. The molecule has 0 aliphatic heterocycles. The lowest BCUT2D eigenvalue weighted by atomic mass is 10.2. The quantitative estimate of drug-likeness (QED) is 0.902. The lowest BCUT2D eigenvalue weighted by Gasteiger charge is -2.06. The monoisotopic (exact) mass is 248 g/mol. The standard InChI is InChI=1S/C12H9FN2O3/c1-7-6-8(13)2-3-10(7)18-12-14-5-4-9(15-12)11(16)17/h2-6H,1H3,(H,16,17). The van der Waals surface area contributed by atoms with Crippen molar-refractivity contribution in [2.75, 3.05) is 0 Å². The van der Waals surface area contributed by atoms with E-state index in [4.69, 9.17) is 9.84 Å². The highest BCUT2D eigenvalue weighted by Crippen LogP contribution is 2.22. The summed E-state index contributed by atoms with van der Waals surface area (Å²) in [6, 6.07) is 5.14. The largest absolute Gasteiger partial charge is 0.477 e. The number of aryl methyl sites for hydroxylation is 1. The Kier molecular flexibility index (Phi) is 3.18. The van der Waals surface area contributed by atoms with Gasteiger partial charge < -0.3 is 9.84 Å². The second-order valence-electron chi connectivity index (χ2n) is 3.54. The van der Waals surface area contributed by atoms with E-state index in [1.807, 2.05) is 0 Å². The van der Waals surface area contributed by atoms with Crippen LogP contribution in [0.4, 0.5) is 4.39 Å². The molecule has 2 rings (SSSR count). The van der Waals surface area contributed by atoms with Crippen LogP contribution in [0, 0.1) is 12.7 Å². The molecule has 2 aromatic rings. The molecule has 18 heavy (non-hydrogen) atoms. The molecule has 0 fully saturated rings. The molecule has 0 radical (unpaired) electrons. The van der Waals surface area contributed by atoms with E-state index in [-0.39, 0.29) is 17.5 Å². The number of hydrogen-bond donors (Lipinski definition) is 1. The van der Waals surface area contributed by atoms with Crippen LogP contribution in [-0.4, -0.2) is 21.0 Å². The minimum atomic E-state index is -1.17. The zero-order valence-electron chi connectivity index (χ0n) is 9.42. The molecule has 6 heteroatoms. The first-order valence-electron chi connectivity index (χ1n) is 5.06. The van der Waals surface area contributed by atoms with E-state index in [1.54, 1.807) is 6.92 Å². The summed E-state index contributed by atoms with van der Waals surface area (Å²) in [6.07, 6.45) is 1.28. The van der Waals surface area contributed by atoms with E-state index in [1.165, 1.54) is 30.5 Å². The van der Waals surface area contributed by atoms with Crippen LogP contribution < -0.4 is 4.74 Å². The molecule has 0 saturated carbocycles. The van der Waals surface area contributed by atoms with Crippen LogP contribution in [0.3, 0.4) is 0 Å². The second kappa shape index (κ2) is 4.79. The van der Waals surface area contributed by atoms with Crippen LogP contribution >= 0.6 is 0 Å². The Bertz CT molecular complexity index is 602. The van der Waals surface area contributed by atoms with E-state index in [0.29, 0.717) is 11.3 Å². The molecule has 1 heterocycles. The summed E-state index contributed by atoms with van der Waals surface area (Å²) >= 11 is 0. The first-order valence-corrected chi connectivity index (χ1v) is 5.06. The van der Waals surface area contributed by atoms with Gasteiger partial charge in [0.05, 0.1) is 0 Å². The summed E-state index contributed by atoms with van der Waals surface area (Å²) in [7, 11) is 0. The number of aromatic nitrogens is 2. The molecule has 92 valence electrons. The summed E-state index contributed by atoms with van der Waals surface area (Å²) in [5.74, 6) is -1.17. The fraction of sp³-hybridized carbons (Fsp3) is 0.0833. The Labute approximate surface area is 102 Å². The predicted molar refractivity (Wildman–Crippen MR) is 60.2 cm³/mol. The SMILES string of the molecule is Cc1cc(F)ccc1Oc1nccc(C(=O)O)n1. The second-order valence-corrected chi connectivity index (χ2v) is 3.54. The third kappa shape index (κ3) is 2.60. The van der Waals surface area contributed by atoms with Crippen LogP contribution in [0.15, 0.2) is 30.5 Å². The van der Waals surface area contributed by atoms with Gasteiger partial charge in [-0.3, -0.25) is 0 Å². The van der Waals surface area contributed by atoms with Gasteiger partial charge in [0.1, 0.15) is 11.6 Å². The highest BCUT2D eigenvalue weighted by atomic mass is 19.1. The van der Waals surface area contributed by atoms with E-state index < -0.39 is 5.97 Å². The van der Waals surface area contributed by atoms with Gasteiger partial charge in [0.2, 0.25) is 0 Å².